The molecule has 0 radical (unpaired) electrons. The number of likely N-dealkylation sites (tertiary alicyclic amines) is 1. The van der Waals surface area contributed by atoms with E-state index in [-0.39, 0.29) is 49.1 Å². The first-order valence-corrected chi connectivity index (χ1v) is 10.7. The van der Waals surface area contributed by atoms with Crippen LogP contribution in [0.3, 0.4) is 0 Å². The zero-order valence-electron chi connectivity index (χ0n) is 18.4. The Morgan fingerprint density at radius 1 is 1.03 bits per heavy atom. The van der Waals surface area contributed by atoms with Crippen LogP contribution in [0.25, 0.3) is 0 Å². The lowest BCUT2D eigenvalue weighted by Crippen LogP contribution is -2.47. The Balaban J connectivity index is 1.50. The molecule has 7 nitrogen and oxygen atoms in total. The van der Waals surface area contributed by atoms with E-state index in [4.69, 9.17) is 4.74 Å². The molecule has 166 valence electrons. The molecule has 1 saturated heterocycles. The van der Waals surface area contributed by atoms with Gasteiger partial charge < -0.3 is 9.64 Å². The smallest absolute Gasteiger partial charge is 0.308 e. The zero-order valence-corrected chi connectivity index (χ0v) is 18.4. The maximum Gasteiger partial charge on any atom is 0.308 e. The van der Waals surface area contributed by atoms with Crippen molar-refractivity contribution in [3.8, 4) is 0 Å². The Hall–Kier alpha value is -2.96. The van der Waals surface area contributed by atoms with Crippen molar-refractivity contribution in [2.75, 3.05) is 13.2 Å². The van der Waals surface area contributed by atoms with Gasteiger partial charge in [0.25, 0.3) is 5.91 Å². The molecule has 2 unspecified atom stereocenters. The number of allylic oxidation sites excluding steroid dienone is 2. The molecule has 0 N–H and O–H groups in total. The summed E-state index contributed by atoms with van der Waals surface area (Å²) in [4.78, 5) is 52.7. The third kappa shape index (κ3) is 5.40. The first-order valence-electron chi connectivity index (χ1n) is 10.7. The second kappa shape index (κ2) is 9.45. The molecule has 1 fully saturated rings. The average molecular weight is 427 g/mol. The standard InChI is InChI=1S/C24H30N2O5/c1-24(2,3)26(15-17-9-5-4-6-10-17)20(27)16-31-21(28)13-14-25-22(29)18-11-7-8-12-19(18)23(25)30/h4-10,18-19H,11-16H2,1-3H3. The summed E-state index contributed by atoms with van der Waals surface area (Å²) in [5.41, 5.74) is 0.539. The second-order valence-electron chi connectivity index (χ2n) is 9.03. The number of rotatable bonds is 7. The predicted molar refractivity (Wildman–Crippen MR) is 114 cm³/mol. The number of benzene rings is 1. The van der Waals surface area contributed by atoms with Gasteiger partial charge in [0.15, 0.2) is 6.61 Å². The molecule has 0 aromatic heterocycles. The molecule has 7 heteroatoms. The van der Waals surface area contributed by atoms with Crippen LogP contribution in [-0.4, -0.2) is 52.2 Å². The second-order valence-corrected chi connectivity index (χ2v) is 9.03. The van der Waals surface area contributed by atoms with Gasteiger partial charge in [-0.25, -0.2) is 0 Å². The number of carbonyl (C=O) groups excluding carboxylic acids is 4. The van der Waals surface area contributed by atoms with Crippen LogP contribution in [0.2, 0.25) is 0 Å². The minimum Gasteiger partial charge on any atom is -0.456 e. The van der Waals surface area contributed by atoms with E-state index in [1.807, 2.05) is 63.3 Å². The number of carbonyl (C=O) groups is 4. The van der Waals surface area contributed by atoms with Gasteiger partial charge in [0.2, 0.25) is 11.8 Å². The van der Waals surface area contributed by atoms with Crippen LogP contribution in [0, 0.1) is 11.8 Å². The normalized spacial score (nSPS) is 20.5. The van der Waals surface area contributed by atoms with E-state index in [1.165, 1.54) is 4.90 Å². The number of hydrogen-bond donors (Lipinski definition) is 0. The highest BCUT2D eigenvalue weighted by atomic mass is 16.5. The van der Waals surface area contributed by atoms with E-state index < -0.39 is 11.5 Å². The van der Waals surface area contributed by atoms with Crippen molar-refractivity contribution in [3.05, 3.63) is 48.0 Å². The Labute approximate surface area is 183 Å². The molecule has 0 spiro atoms. The summed E-state index contributed by atoms with van der Waals surface area (Å²) in [6.45, 7) is 5.80. The molecule has 31 heavy (non-hydrogen) atoms. The SMILES string of the molecule is CC(C)(C)N(Cc1ccccc1)C(=O)COC(=O)CCN1C(=O)C2CC=CCC2C1=O. The van der Waals surface area contributed by atoms with Gasteiger partial charge in [0.05, 0.1) is 18.3 Å². The first kappa shape index (κ1) is 22.7. The van der Waals surface area contributed by atoms with Gasteiger partial charge in [-0.2, -0.15) is 0 Å². The van der Waals surface area contributed by atoms with Crippen LogP contribution >= 0.6 is 0 Å². The van der Waals surface area contributed by atoms with Crippen LogP contribution in [-0.2, 0) is 30.5 Å². The molecular weight excluding hydrogens is 396 g/mol. The fraction of sp³-hybridized carbons (Fsp3) is 0.500. The van der Waals surface area contributed by atoms with Gasteiger partial charge in [-0.05, 0) is 39.2 Å². The molecule has 1 aromatic carbocycles. The highest BCUT2D eigenvalue weighted by Crippen LogP contribution is 2.35. The molecule has 1 aliphatic carbocycles. The maximum absolute atomic E-state index is 12.8. The Kier molecular flexibility index (Phi) is 6.93. The molecule has 1 heterocycles. The molecular formula is C24H30N2O5. The third-order valence-electron chi connectivity index (χ3n) is 5.79. The quantitative estimate of drug-likeness (QED) is 0.380. The van der Waals surface area contributed by atoms with Crippen molar-refractivity contribution in [3.63, 3.8) is 0 Å². The van der Waals surface area contributed by atoms with Gasteiger partial charge in [0.1, 0.15) is 0 Å². The van der Waals surface area contributed by atoms with Crippen LogP contribution in [0.15, 0.2) is 42.5 Å². The van der Waals surface area contributed by atoms with Crippen molar-refractivity contribution in [2.24, 2.45) is 11.8 Å². The van der Waals surface area contributed by atoms with Crippen LogP contribution in [0.1, 0.15) is 45.6 Å². The van der Waals surface area contributed by atoms with Crippen LogP contribution < -0.4 is 0 Å². The molecule has 1 aliphatic heterocycles. The number of esters is 1. The van der Waals surface area contributed by atoms with E-state index >= 15 is 0 Å². The lowest BCUT2D eigenvalue weighted by Gasteiger charge is -2.35. The van der Waals surface area contributed by atoms with Crippen molar-refractivity contribution in [2.45, 2.75) is 52.1 Å². The Morgan fingerprint density at radius 2 is 1.61 bits per heavy atom. The van der Waals surface area contributed by atoms with E-state index in [9.17, 15) is 19.2 Å². The highest BCUT2D eigenvalue weighted by Gasteiger charge is 2.47. The van der Waals surface area contributed by atoms with E-state index in [2.05, 4.69) is 0 Å². The number of fused-ring (bicyclic) bond motifs is 1. The fourth-order valence-electron chi connectivity index (χ4n) is 4.05. The highest BCUT2D eigenvalue weighted by molar-refractivity contribution is 6.05. The fourth-order valence-corrected chi connectivity index (χ4v) is 4.05. The Bertz CT molecular complexity index is 846. The average Bonchev–Trinajstić information content (AvgIpc) is 2.99. The van der Waals surface area contributed by atoms with E-state index in [0.717, 1.165) is 5.56 Å². The molecule has 2 atom stereocenters. The van der Waals surface area contributed by atoms with Crippen LogP contribution in [0.4, 0.5) is 0 Å². The number of hydrogen-bond acceptors (Lipinski definition) is 5. The van der Waals surface area contributed by atoms with Crippen molar-refractivity contribution in [1.29, 1.82) is 0 Å². The van der Waals surface area contributed by atoms with Gasteiger partial charge in [-0.1, -0.05) is 42.5 Å². The third-order valence-corrected chi connectivity index (χ3v) is 5.79. The lowest BCUT2D eigenvalue weighted by molar-refractivity contribution is -0.155. The molecule has 1 aromatic rings. The predicted octanol–water partition coefficient (Wildman–Crippen LogP) is 2.70. The van der Waals surface area contributed by atoms with Crippen molar-refractivity contribution < 1.29 is 23.9 Å². The summed E-state index contributed by atoms with van der Waals surface area (Å²) in [6, 6.07) is 9.61. The largest absolute Gasteiger partial charge is 0.456 e. The summed E-state index contributed by atoms with van der Waals surface area (Å²) in [5, 5.41) is 0. The molecule has 3 amide bonds. The zero-order chi connectivity index (χ0) is 22.6. The molecule has 0 saturated carbocycles. The topological polar surface area (TPSA) is 84.0 Å². The summed E-state index contributed by atoms with van der Waals surface area (Å²) >= 11 is 0. The van der Waals surface area contributed by atoms with E-state index in [0.29, 0.717) is 19.4 Å². The van der Waals surface area contributed by atoms with E-state index in [1.54, 1.807) is 4.90 Å². The van der Waals surface area contributed by atoms with Crippen molar-refractivity contribution in [1.82, 2.24) is 9.80 Å². The Morgan fingerprint density at radius 3 is 2.16 bits per heavy atom. The van der Waals surface area contributed by atoms with Gasteiger partial charge in [-0.15, -0.1) is 0 Å². The van der Waals surface area contributed by atoms with Gasteiger partial charge >= 0.3 is 5.97 Å². The van der Waals surface area contributed by atoms with Gasteiger partial charge in [0, 0.05) is 18.6 Å². The number of amides is 3. The summed E-state index contributed by atoms with van der Waals surface area (Å²) in [5.74, 6) is -1.96. The van der Waals surface area contributed by atoms with Gasteiger partial charge in [-0.3, -0.25) is 24.1 Å². The first-order chi connectivity index (χ1) is 14.7. The minimum atomic E-state index is -0.601. The molecule has 3 rings (SSSR count). The number of imide groups is 1. The summed E-state index contributed by atoms with van der Waals surface area (Å²) < 4.78 is 5.17. The maximum atomic E-state index is 12.8. The summed E-state index contributed by atoms with van der Waals surface area (Å²) in [7, 11) is 0. The lowest BCUT2D eigenvalue weighted by atomic mass is 9.85. The van der Waals surface area contributed by atoms with Crippen LogP contribution in [0.5, 0.6) is 0 Å². The molecule has 0 bridgehead atoms. The molecule has 2 aliphatic rings. The summed E-state index contributed by atoms with van der Waals surface area (Å²) in [6.07, 6.45) is 4.85. The van der Waals surface area contributed by atoms with Crippen molar-refractivity contribution >= 4 is 23.7 Å². The minimum absolute atomic E-state index is 0.00924. The number of nitrogens with zero attached hydrogens (tertiary/aromatic N) is 2. The number of ether oxygens (including phenoxy) is 1. The monoisotopic (exact) mass is 426 g/mol.